The molecule has 2 aliphatic rings. The van der Waals surface area contributed by atoms with Gasteiger partial charge >= 0.3 is 0 Å². The van der Waals surface area contributed by atoms with Crippen molar-refractivity contribution in [2.45, 2.75) is 38.9 Å². The number of aromatic nitrogens is 1. The summed E-state index contributed by atoms with van der Waals surface area (Å²) in [6.07, 6.45) is 4.07. The van der Waals surface area contributed by atoms with E-state index < -0.39 is 6.04 Å². The van der Waals surface area contributed by atoms with Crippen molar-refractivity contribution in [3.63, 3.8) is 0 Å². The predicted molar refractivity (Wildman–Crippen MR) is 149 cm³/mol. The summed E-state index contributed by atoms with van der Waals surface area (Å²) in [5, 5.41) is 1.28. The zero-order valence-electron chi connectivity index (χ0n) is 22.4. The Kier molecular flexibility index (Phi) is 8.61. The summed E-state index contributed by atoms with van der Waals surface area (Å²) in [4.78, 5) is 19.8. The van der Waals surface area contributed by atoms with Crippen LogP contribution >= 0.6 is 0 Å². The van der Waals surface area contributed by atoms with Gasteiger partial charge in [-0.1, -0.05) is 24.3 Å². The maximum Gasteiger partial charge on any atom is 0.239 e. The van der Waals surface area contributed by atoms with Gasteiger partial charge in [-0.25, -0.2) is 4.39 Å². The monoisotopic (exact) mass is 521 g/mol. The molecule has 1 atom stereocenters. The summed E-state index contributed by atoms with van der Waals surface area (Å²) in [5.41, 5.74) is 8.38. The van der Waals surface area contributed by atoms with Crippen molar-refractivity contribution in [3.05, 3.63) is 66.1 Å². The lowest BCUT2D eigenvalue weighted by molar-refractivity contribution is -0.136. The topological polar surface area (TPSA) is 67.0 Å². The number of hydrogen-bond acceptors (Lipinski definition) is 5. The fourth-order valence-electron chi connectivity index (χ4n) is 5.87. The summed E-state index contributed by atoms with van der Waals surface area (Å²) in [5.74, 6) is 0.629. The number of carbonyl (C=O) groups excluding carboxylic acids is 1. The molecule has 204 valence electrons. The molecule has 0 aliphatic carbocycles. The molecule has 38 heavy (non-hydrogen) atoms. The maximum absolute atomic E-state index is 14.5. The van der Waals surface area contributed by atoms with Crippen LogP contribution in [0.4, 0.5) is 4.39 Å². The lowest BCUT2D eigenvalue weighted by atomic mass is 9.89. The van der Waals surface area contributed by atoms with Crippen molar-refractivity contribution in [1.29, 1.82) is 0 Å². The lowest BCUT2D eigenvalue weighted by Gasteiger charge is -2.39. The number of carbonyl (C=O) groups is 1. The van der Waals surface area contributed by atoms with E-state index in [-0.39, 0.29) is 17.6 Å². The predicted octanol–water partition coefficient (Wildman–Crippen LogP) is 3.56. The van der Waals surface area contributed by atoms with E-state index in [1.165, 1.54) is 17.0 Å². The highest BCUT2D eigenvalue weighted by atomic mass is 19.1. The van der Waals surface area contributed by atoms with Gasteiger partial charge in [-0.3, -0.25) is 9.69 Å². The standard InChI is InChI=1S/C30H40FN5O2/c1-2-38-28-9-5-7-26(31)25(28)22-34-17-20-36(21-18-34)30(37)29(32)24-10-13-33(14-11-24)16-19-35-15-12-23-6-3-4-8-27(23)35/h3-9,12,15,24,29H,2,10-11,13-14,16-22,32H2,1H3/t29-/m1/s1. The number of nitrogens with two attached hydrogens (primary N) is 1. The second kappa shape index (κ2) is 12.3. The lowest BCUT2D eigenvalue weighted by Crippen LogP contribution is -2.55. The first-order valence-corrected chi connectivity index (χ1v) is 14.0. The Hall–Kier alpha value is -2.94. The van der Waals surface area contributed by atoms with Gasteiger partial charge in [-0.05, 0) is 68.4 Å². The van der Waals surface area contributed by atoms with E-state index in [1.807, 2.05) is 17.9 Å². The number of piperidine rings is 1. The Balaban J connectivity index is 1.06. The third-order valence-corrected chi connectivity index (χ3v) is 8.20. The molecule has 2 aliphatic heterocycles. The van der Waals surface area contributed by atoms with Crippen LogP contribution in [-0.4, -0.2) is 83.6 Å². The third-order valence-electron chi connectivity index (χ3n) is 8.20. The van der Waals surface area contributed by atoms with Crippen LogP contribution in [0.1, 0.15) is 25.3 Å². The Morgan fingerprint density at radius 1 is 0.974 bits per heavy atom. The van der Waals surface area contributed by atoms with E-state index in [1.54, 1.807) is 6.07 Å². The molecule has 2 aromatic carbocycles. The van der Waals surface area contributed by atoms with E-state index in [4.69, 9.17) is 10.5 Å². The van der Waals surface area contributed by atoms with Crippen LogP contribution in [0.2, 0.25) is 0 Å². The number of nitrogens with zero attached hydrogens (tertiary/aromatic N) is 4. The second-order valence-electron chi connectivity index (χ2n) is 10.5. The van der Waals surface area contributed by atoms with Gasteiger partial charge < -0.3 is 24.8 Å². The Labute approximate surface area is 224 Å². The minimum Gasteiger partial charge on any atom is -0.493 e. The minimum atomic E-state index is -0.451. The van der Waals surface area contributed by atoms with Gasteiger partial charge in [0, 0.05) is 63.1 Å². The van der Waals surface area contributed by atoms with Gasteiger partial charge in [0.25, 0.3) is 0 Å². The van der Waals surface area contributed by atoms with Crippen LogP contribution in [0.15, 0.2) is 54.7 Å². The number of fused-ring (bicyclic) bond motifs is 1. The molecule has 0 bridgehead atoms. The zero-order chi connectivity index (χ0) is 26.5. The SMILES string of the molecule is CCOc1cccc(F)c1CN1CCN(C(=O)[C@H](N)C2CCN(CCn3ccc4ccccc43)CC2)CC1. The quantitative estimate of drug-likeness (QED) is 0.467. The molecule has 7 nitrogen and oxygen atoms in total. The maximum atomic E-state index is 14.5. The van der Waals surface area contributed by atoms with Crippen LogP contribution in [0, 0.1) is 11.7 Å². The fourth-order valence-corrected chi connectivity index (χ4v) is 5.87. The van der Waals surface area contributed by atoms with Crippen molar-refractivity contribution in [1.82, 2.24) is 19.3 Å². The van der Waals surface area contributed by atoms with Gasteiger partial charge in [0.2, 0.25) is 5.91 Å². The number of halogens is 1. The third kappa shape index (κ3) is 6.03. The summed E-state index contributed by atoms with van der Waals surface area (Å²) in [7, 11) is 0. The first-order valence-electron chi connectivity index (χ1n) is 14.0. The van der Waals surface area contributed by atoms with Crippen LogP contribution in [0.5, 0.6) is 5.75 Å². The Morgan fingerprint density at radius 2 is 1.74 bits per heavy atom. The highest BCUT2D eigenvalue weighted by molar-refractivity contribution is 5.82. The van der Waals surface area contributed by atoms with Crippen molar-refractivity contribution < 1.29 is 13.9 Å². The largest absolute Gasteiger partial charge is 0.493 e. The molecule has 0 unspecified atom stereocenters. The summed E-state index contributed by atoms with van der Waals surface area (Å²) >= 11 is 0. The molecule has 1 amide bonds. The highest BCUT2D eigenvalue weighted by Gasteiger charge is 2.33. The second-order valence-corrected chi connectivity index (χ2v) is 10.5. The average molecular weight is 522 g/mol. The van der Waals surface area contributed by atoms with Gasteiger partial charge in [0.05, 0.1) is 12.6 Å². The number of ether oxygens (including phenoxy) is 1. The van der Waals surface area contributed by atoms with Crippen molar-refractivity contribution in [3.8, 4) is 5.75 Å². The van der Waals surface area contributed by atoms with Crippen molar-refractivity contribution >= 4 is 16.8 Å². The molecule has 3 aromatic rings. The summed E-state index contributed by atoms with van der Waals surface area (Å²) in [6, 6.07) is 15.2. The molecule has 1 aromatic heterocycles. The Morgan fingerprint density at radius 3 is 2.50 bits per heavy atom. The van der Waals surface area contributed by atoms with Crippen LogP contribution < -0.4 is 10.5 Å². The minimum absolute atomic E-state index is 0.0582. The number of para-hydroxylation sites is 1. The fraction of sp³-hybridized carbons (Fsp3) is 0.500. The average Bonchev–Trinajstić information content (AvgIpc) is 3.37. The van der Waals surface area contributed by atoms with Gasteiger partial charge in [-0.15, -0.1) is 0 Å². The molecular formula is C30H40FN5O2. The van der Waals surface area contributed by atoms with Crippen molar-refractivity contribution in [2.24, 2.45) is 11.7 Å². The molecule has 2 N–H and O–H groups in total. The summed E-state index contributed by atoms with van der Waals surface area (Å²) < 4.78 is 22.4. The zero-order valence-corrected chi connectivity index (χ0v) is 22.4. The van der Waals surface area contributed by atoms with Gasteiger partial charge in [0.15, 0.2) is 0 Å². The molecule has 2 fully saturated rings. The first-order chi connectivity index (χ1) is 18.5. The molecule has 5 rings (SSSR count). The van der Waals surface area contributed by atoms with E-state index >= 15 is 0 Å². The molecule has 8 heteroatoms. The van der Waals surface area contributed by atoms with Crippen LogP contribution in [0.25, 0.3) is 10.9 Å². The van der Waals surface area contributed by atoms with Crippen LogP contribution in [-0.2, 0) is 17.9 Å². The number of amides is 1. The molecule has 0 radical (unpaired) electrons. The number of hydrogen-bond donors (Lipinski definition) is 1. The number of likely N-dealkylation sites (tertiary alicyclic amines) is 1. The van der Waals surface area contributed by atoms with E-state index in [2.05, 4.69) is 50.9 Å². The molecular weight excluding hydrogens is 481 g/mol. The normalized spacial score (nSPS) is 18.7. The summed E-state index contributed by atoms with van der Waals surface area (Å²) in [6.45, 7) is 9.44. The molecule has 0 saturated carbocycles. The molecule has 2 saturated heterocycles. The molecule has 3 heterocycles. The first kappa shape index (κ1) is 26.7. The van der Waals surface area contributed by atoms with Crippen LogP contribution in [0.3, 0.4) is 0 Å². The van der Waals surface area contributed by atoms with E-state index in [0.717, 1.165) is 39.0 Å². The Bertz CT molecular complexity index is 1210. The van der Waals surface area contributed by atoms with Gasteiger partial charge in [-0.2, -0.15) is 0 Å². The smallest absolute Gasteiger partial charge is 0.239 e. The number of rotatable bonds is 9. The van der Waals surface area contributed by atoms with E-state index in [9.17, 15) is 9.18 Å². The number of piperazine rings is 1. The van der Waals surface area contributed by atoms with E-state index in [0.29, 0.717) is 50.6 Å². The highest BCUT2D eigenvalue weighted by Crippen LogP contribution is 2.25. The van der Waals surface area contributed by atoms with Gasteiger partial charge in [0.1, 0.15) is 11.6 Å². The molecule has 0 spiro atoms. The van der Waals surface area contributed by atoms with Crippen molar-refractivity contribution in [2.75, 3.05) is 52.4 Å². The number of benzene rings is 2.